The van der Waals surface area contributed by atoms with Gasteiger partial charge in [0.25, 0.3) is 0 Å². The van der Waals surface area contributed by atoms with E-state index in [9.17, 15) is 0 Å². The third-order valence-corrected chi connectivity index (χ3v) is 5.08. The molecule has 0 spiro atoms. The smallest absolute Gasteiger partial charge is 0.0233 e. The van der Waals surface area contributed by atoms with Crippen LogP contribution in [0.25, 0.3) is 0 Å². The van der Waals surface area contributed by atoms with Gasteiger partial charge in [-0.15, -0.1) is 0 Å². The third kappa shape index (κ3) is 4.82. The molecule has 2 unspecified atom stereocenters. The van der Waals surface area contributed by atoms with Gasteiger partial charge in [0.15, 0.2) is 0 Å². The molecular weight excluding hydrogens is 256 g/mol. The molecule has 2 rings (SSSR count). The molecule has 0 aliphatic heterocycles. The molecule has 1 fully saturated rings. The van der Waals surface area contributed by atoms with Crippen LogP contribution in [0, 0.1) is 11.3 Å². The highest BCUT2D eigenvalue weighted by Crippen LogP contribution is 2.39. The Bertz CT molecular complexity index is 413. The summed E-state index contributed by atoms with van der Waals surface area (Å²) in [5.41, 5.74) is 1.93. The maximum Gasteiger partial charge on any atom is 0.0233 e. The van der Waals surface area contributed by atoms with Crippen LogP contribution in [0.4, 0.5) is 0 Å². The van der Waals surface area contributed by atoms with Crippen molar-refractivity contribution in [2.75, 3.05) is 20.1 Å². The lowest BCUT2D eigenvalue weighted by Gasteiger charge is -2.42. The zero-order valence-electron chi connectivity index (χ0n) is 14.2. The Labute approximate surface area is 130 Å². The molecule has 2 atom stereocenters. The van der Waals surface area contributed by atoms with Gasteiger partial charge in [0, 0.05) is 19.1 Å². The second kappa shape index (κ2) is 7.42. The fraction of sp³-hybridized carbons (Fsp3) is 0.684. The molecule has 0 amide bonds. The van der Waals surface area contributed by atoms with E-state index in [2.05, 4.69) is 68.4 Å². The molecule has 1 aromatic rings. The predicted molar refractivity (Wildman–Crippen MR) is 91.4 cm³/mol. The molecular formula is C19H32N2. The third-order valence-electron chi connectivity index (χ3n) is 5.08. The van der Waals surface area contributed by atoms with E-state index in [0.717, 1.165) is 19.0 Å². The largest absolute Gasteiger partial charge is 0.317 e. The number of hydrogen-bond acceptors (Lipinski definition) is 2. The quantitative estimate of drug-likeness (QED) is 0.853. The van der Waals surface area contributed by atoms with E-state index < -0.39 is 0 Å². The van der Waals surface area contributed by atoms with Crippen molar-refractivity contribution in [3.63, 3.8) is 0 Å². The Balaban J connectivity index is 1.98. The zero-order chi connectivity index (χ0) is 15.3. The highest BCUT2D eigenvalue weighted by Gasteiger charge is 2.34. The molecule has 2 heteroatoms. The Hall–Kier alpha value is -0.860. The van der Waals surface area contributed by atoms with Crippen molar-refractivity contribution in [3.8, 4) is 0 Å². The Kier molecular flexibility index (Phi) is 5.83. The first-order chi connectivity index (χ1) is 10.0. The predicted octanol–water partition coefficient (Wildman–Crippen LogP) is 3.92. The summed E-state index contributed by atoms with van der Waals surface area (Å²) >= 11 is 0. The van der Waals surface area contributed by atoms with Crippen LogP contribution in [0.3, 0.4) is 0 Å². The van der Waals surface area contributed by atoms with E-state index in [1.165, 1.54) is 31.4 Å². The Morgan fingerprint density at radius 3 is 2.57 bits per heavy atom. The fourth-order valence-corrected chi connectivity index (χ4v) is 3.79. The summed E-state index contributed by atoms with van der Waals surface area (Å²) in [5.74, 6) is 0.766. The van der Waals surface area contributed by atoms with Crippen LogP contribution in [0.1, 0.15) is 45.6 Å². The minimum Gasteiger partial charge on any atom is -0.317 e. The summed E-state index contributed by atoms with van der Waals surface area (Å²) in [6, 6.07) is 11.5. The van der Waals surface area contributed by atoms with E-state index in [-0.39, 0.29) is 0 Å². The van der Waals surface area contributed by atoms with Crippen molar-refractivity contribution in [1.29, 1.82) is 0 Å². The first-order valence-electron chi connectivity index (χ1n) is 8.47. The normalized spacial score (nSPS) is 25.2. The molecule has 1 saturated carbocycles. The minimum absolute atomic E-state index is 0.504. The van der Waals surface area contributed by atoms with Gasteiger partial charge in [-0.2, -0.15) is 0 Å². The van der Waals surface area contributed by atoms with Crippen LogP contribution in [-0.2, 0) is 6.54 Å². The van der Waals surface area contributed by atoms with Gasteiger partial charge in [-0.05, 0) is 49.8 Å². The topological polar surface area (TPSA) is 15.3 Å². The van der Waals surface area contributed by atoms with E-state index in [1.807, 2.05) is 0 Å². The molecule has 1 aromatic carbocycles. The van der Waals surface area contributed by atoms with Crippen LogP contribution in [-0.4, -0.2) is 31.1 Å². The first-order valence-corrected chi connectivity index (χ1v) is 8.47. The SMILES string of the molecule is CCN(Cc1ccccc1)CC1CC(C)(C)CCC1NC. The minimum atomic E-state index is 0.504. The average Bonchev–Trinajstić information content (AvgIpc) is 2.47. The molecule has 0 bridgehead atoms. The Morgan fingerprint density at radius 2 is 1.95 bits per heavy atom. The number of rotatable bonds is 6. The van der Waals surface area contributed by atoms with Gasteiger partial charge in [-0.3, -0.25) is 4.90 Å². The molecule has 0 saturated heterocycles. The molecule has 2 nitrogen and oxygen atoms in total. The second-order valence-corrected chi connectivity index (χ2v) is 7.38. The monoisotopic (exact) mass is 288 g/mol. The maximum atomic E-state index is 3.56. The molecule has 0 heterocycles. The van der Waals surface area contributed by atoms with Gasteiger partial charge in [-0.1, -0.05) is 51.1 Å². The lowest BCUT2D eigenvalue weighted by Crippen LogP contribution is -2.46. The summed E-state index contributed by atoms with van der Waals surface area (Å²) in [5, 5.41) is 3.56. The summed E-state index contributed by atoms with van der Waals surface area (Å²) in [6.07, 6.45) is 4.00. The van der Waals surface area contributed by atoms with Crippen molar-refractivity contribution >= 4 is 0 Å². The van der Waals surface area contributed by atoms with Gasteiger partial charge in [-0.25, -0.2) is 0 Å². The molecule has 0 aromatic heterocycles. The molecule has 1 aliphatic carbocycles. The van der Waals surface area contributed by atoms with Gasteiger partial charge in [0.2, 0.25) is 0 Å². The van der Waals surface area contributed by atoms with Crippen molar-refractivity contribution in [3.05, 3.63) is 35.9 Å². The van der Waals surface area contributed by atoms with Crippen molar-refractivity contribution in [1.82, 2.24) is 10.2 Å². The number of nitrogens with one attached hydrogen (secondary N) is 1. The lowest BCUT2D eigenvalue weighted by molar-refractivity contribution is 0.102. The summed E-state index contributed by atoms with van der Waals surface area (Å²) in [4.78, 5) is 2.60. The van der Waals surface area contributed by atoms with E-state index in [0.29, 0.717) is 11.5 Å². The molecule has 118 valence electrons. The standard InChI is InChI=1S/C19H32N2/c1-5-21(14-16-9-7-6-8-10-16)15-17-13-19(2,3)12-11-18(17)20-4/h6-10,17-18,20H,5,11-15H2,1-4H3. The van der Waals surface area contributed by atoms with E-state index in [1.54, 1.807) is 0 Å². The Morgan fingerprint density at radius 1 is 1.24 bits per heavy atom. The van der Waals surface area contributed by atoms with Crippen molar-refractivity contribution in [2.45, 2.75) is 52.6 Å². The maximum absolute atomic E-state index is 3.56. The van der Waals surface area contributed by atoms with Gasteiger partial charge < -0.3 is 5.32 Å². The summed E-state index contributed by atoms with van der Waals surface area (Å²) in [6.45, 7) is 10.6. The molecule has 0 radical (unpaired) electrons. The van der Waals surface area contributed by atoms with E-state index >= 15 is 0 Å². The number of hydrogen-bond donors (Lipinski definition) is 1. The van der Waals surface area contributed by atoms with Crippen LogP contribution in [0.15, 0.2) is 30.3 Å². The van der Waals surface area contributed by atoms with Crippen LogP contribution >= 0.6 is 0 Å². The van der Waals surface area contributed by atoms with Crippen LogP contribution in [0.2, 0.25) is 0 Å². The average molecular weight is 288 g/mol. The van der Waals surface area contributed by atoms with Crippen LogP contribution < -0.4 is 5.32 Å². The zero-order valence-corrected chi connectivity index (χ0v) is 14.2. The first kappa shape index (κ1) is 16.5. The molecule has 1 N–H and O–H groups in total. The second-order valence-electron chi connectivity index (χ2n) is 7.38. The fourth-order valence-electron chi connectivity index (χ4n) is 3.79. The summed E-state index contributed by atoms with van der Waals surface area (Å²) < 4.78 is 0. The number of nitrogens with zero attached hydrogens (tertiary/aromatic N) is 1. The van der Waals surface area contributed by atoms with E-state index in [4.69, 9.17) is 0 Å². The van der Waals surface area contributed by atoms with Crippen molar-refractivity contribution < 1.29 is 0 Å². The highest BCUT2D eigenvalue weighted by molar-refractivity contribution is 5.14. The van der Waals surface area contributed by atoms with Gasteiger partial charge in [0.05, 0.1) is 0 Å². The lowest BCUT2D eigenvalue weighted by atomic mass is 9.69. The molecule has 21 heavy (non-hydrogen) atoms. The number of benzene rings is 1. The van der Waals surface area contributed by atoms with Gasteiger partial charge in [0.1, 0.15) is 0 Å². The highest BCUT2D eigenvalue weighted by atomic mass is 15.1. The van der Waals surface area contributed by atoms with Gasteiger partial charge >= 0.3 is 0 Å². The molecule has 1 aliphatic rings. The summed E-state index contributed by atoms with van der Waals surface area (Å²) in [7, 11) is 2.13. The van der Waals surface area contributed by atoms with Crippen LogP contribution in [0.5, 0.6) is 0 Å². The van der Waals surface area contributed by atoms with Crippen molar-refractivity contribution in [2.24, 2.45) is 11.3 Å².